The van der Waals surface area contributed by atoms with Crippen molar-refractivity contribution in [3.8, 4) is 0 Å². The molecule has 1 amide bonds. The molecule has 0 bridgehead atoms. The van der Waals surface area contributed by atoms with Crippen molar-refractivity contribution in [3.63, 3.8) is 0 Å². The summed E-state index contributed by atoms with van der Waals surface area (Å²) in [5, 5.41) is 2.90. The number of carbonyl (C=O) groups excluding carboxylic acids is 1. The first-order valence-electron chi connectivity index (χ1n) is 5.64. The second-order valence-electron chi connectivity index (χ2n) is 4.31. The number of amides is 1. The third kappa shape index (κ3) is 4.45. The standard InChI is InChI=1S/C13H20N2O/c1-10-4-3-5-12(6-10)9-15-13(16)7-11(2)8-14/h3-6,11H,7-9,14H2,1-2H3,(H,15,16). The van der Waals surface area contributed by atoms with Crippen molar-refractivity contribution in [1.82, 2.24) is 5.32 Å². The number of nitrogens with one attached hydrogen (secondary N) is 1. The molecule has 0 fully saturated rings. The molecule has 16 heavy (non-hydrogen) atoms. The fourth-order valence-corrected chi connectivity index (χ4v) is 1.49. The van der Waals surface area contributed by atoms with Crippen molar-refractivity contribution in [1.29, 1.82) is 0 Å². The highest BCUT2D eigenvalue weighted by molar-refractivity contribution is 5.76. The molecule has 0 heterocycles. The summed E-state index contributed by atoms with van der Waals surface area (Å²) in [5.41, 5.74) is 7.81. The molecule has 0 radical (unpaired) electrons. The lowest BCUT2D eigenvalue weighted by Crippen LogP contribution is -2.26. The predicted molar refractivity (Wildman–Crippen MR) is 65.9 cm³/mol. The molecule has 0 saturated carbocycles. The zero-order valence-corrected chi connectivity index (χ0v) is 9.99. The van der Waals surface area contributed by atoms with E-state index in [-0.39, 0.29) is 11.8 Å². The maximum Gasteiger partial charge on any atom is 0.220 e. The van der Waals surface area contributed by atoms with Crippen molar-refractivity contribution >= 4 is 5.91 Å². The third-order valence-corrected chi connectivity index (χ3v) is 2.51. The maximum absolute atomic E-state index is 11.5. The van der Waals surface area contributed by atoms with Gasteiger partial charge in [0.25, 0.3) is 0 Å². The molecule has 3 heteroatoms. The van der Waals surface area contributed by atoms with Crippen molar-refractivity contribution in [3.05, 3.63) is 35.4 Å². The summed E-state index contributed by atoms with van der Waals surface area (Å²) in [6.07, 6.45) is 0.502. The summed E-state index contributed by atoms with van der Waals surface area (Å²) in [7, 11) is 0. The lowest BCUT2D eigenvalue weighted by atomic mass is 10.1. The molecule has 0 aromatic heterocycles. The maximum atomic E-state index is 11.5. The second kappa shape index (κ2) is 6.28. The number of rotatable bonds is 5. The van der Waals surface area contributed by atoms with Gasteiger partial charge < -0.3 is 11.1 Å². The van der Waals surface area contributed by atoms with E-state index < -0.39 is 0 Å². The monoisotopic (exact) mass is 220 g/mol. The van der Waals surface area contributed by atoms with Crippen molar-refractivity contribution in [2.24, 2.45) is 11.7 Å². The first-order valence-corrected chi connectivity index (χ1v) is 5.64. The minimum Gasteiger partial charge on any atom is -0.352 e. The van der Waals surface area contributed by atoms with Gasteiger partial charge in [0, 0.05) is 13.0 Å². The normalized spacial score (nSPS) is 12.2. The van der Waals surface area contributed by atoms with Crippen LogP contribution in [-0.4, -0.2) is 12.5 Å². The summed E-state index contributed by atoms with van der Waals surface area (Å²) >= 11 is 0. The first kappa shape index (κ1) is 12.7. The Hall–Kier alpha value is -1.35. The van der Waals surface area contributed by atoms with Gasteiger partial charge in [-0.2, -0.15) is 0 Å². The number of hydrogen-bond acceptors (Lipinski definition) is 2. The minimum absolute atomic E-state index is 0.0689. The zero-order chi connectivity index (χ0) is 12.0. The molecule has 1 atom stereocenters. The van der Waals surface area contributed by atoms with Crippen LogP contribution in [0.5, 0.6) is 0 Å². The lowest BCUT2D eigenvalue weighted by Gasteiger charge is -2.09. The van der Waals surface area contributed by atoms with Gasteiger partial charge in [0.2, 0.25) is 5.91 Å². The zero-order valence-electron chi connectivity index (χ0n) is 9.99. The average molecular weight is 220 g/mol. The molecule has 1 unspecified atom stereocenters. The number of benzene rings is 1. The van der Waals surface area contributed by atoms with E-state index in [1.165, 1.54) is 5.56 Å². The Labute approximate surface area is 97.0 Å². The second-order valence-corrected chi connectivity index (χ2v) is 4.31. The highest BCUT2D eigenvalue weighted by atomic mass is 16.1. The van der Waals surface area contributed by atoms with Crippen molar-refractivity contribution in [2.45, 2.75) is 26.8 Å². The molecule has 0 aliphatic rings. The van der Waals surface area contributed by atoms with Crippen LogP contribution in [0, 0.1) is 12.8 Å². The van der Waals surface area contributed by atoms with Crippen LogP contribution < -0.4 is 11.1 Å². The van der Waals surface area contributed by atoms with Gasteiger partial charge in [0.05, 0.1) is 0 Å². The van der Waals surface area contributed by atoms with Crippen LogP contribution in [0.25, 0.3) is 0 Å². The Bertz CT molecular complexity index is 350. The summed E-state index contributed by atoms with van der Waals surface area (Å²) < 4.78 is 0. The summed E-state index contributed by atoms with van der Waals surface area (Å²) in [4.78, 5) is 11.5. The quantitative estimate of drug-likeness (QED) is 0.792. The Morgan fingerprint density at radius 2 is 2.25 bits per heavy atom. The van der Waals surface area contributed by atoms with Crippen LogP contribution in [-0.2, 0) is 11.3 Å². The fraction of sp³-hybridized carbons (Fsp3) is 0.462. The lowest BCUT2D eigenvalue weighted by molar-refractivity contribution is -0.122. The Kier molecular flexibility index (Phi) is 4.99. The van der Waals surface area contributed by atoms with Gasteiger partial charge in [-0.15, -0.1) is 0 Å². The summed E-state index contributed by atoms with van der Waals surface area (Å²) in [6, 6.07) is 8.13. The average Bonchev–Trinajstić information content (AvgIpc) is 2.26. The summed E-state index contributed by atoms with van der Waals surface area (Å²) in [6.45, 7) is 5.17. The molecule has 0 saturated heterocycles. The van der Waals surface area contributed by atoms with E-state index >= 15 is 0 Å². The molecule has 0 spiro atoms. The smallest absolute Gasteiger partial charge is 0.220 e. The van der Waals surface area contributed by atoms with Crippen LogP contribution in [0.15, 0.2) is 24.3 Å². The molecule has 1 aromatic rings. The van der Waals surface area contributed by atoms with Crippen molar-refractivity contribution < 1.29 is 4.79 Å². The van der Waals surface area contributed by atoms with E-state index in [0.29, 0.717) is 19.5 Å². The molecular formula is C13H20N2O. The van der Waals surface area contributed by atoms with Gasteiger partial charge in [-0.25, -0.2) is 0 Å². The predicted octanol–water partition coefficient (Wildman–Crippen LogP) is 1.60. The van der Waals surface area contributed by atoms with Crippen molar-refractivity contribution in [2.75, 3.05) is 6.54 Å². The van der Waals surface area contributed by atoms with E-state index in [1.807, 2.05) is 32.0 Å². The molecule has 0 aliphatic heterocycles. The minimum atomic E-state index is 0.0689. The molecule has 3 N–H and O–H groups in total. The van der Waals surface area contributed by atoms with Gasteiger partial charge in [-0.1, -0.05) is 36.8 Å². The molecule has 88 valence electrons. The molecule has 3 nitrogen and oxygen atoms in total. The van der Waals surface area contributed by atoms with E-state index in [2.05, 4.69) is 11.4 Å². The van der Waals surface area contributed by atoms with Crippen LogP contribution in [0.3, 0.4) is 0 Å². The largest absolute Gasteiger partial charge is 0.352 e. The van der Waals surface area contributed by atoms with Gasteiger partial charge in [0.15, 0.2) is 0 Å². The number of hydrogen-bond donors (Lipinski definition) is 2. The Balaban J connectivity index is 2.37. The number of carbonyl (C=O) groups is 1. The Morgan fingerprint density at radius 3 is 2.88 bits per heavy atom. The van der Waals surface area contributed by atoms with E-state index in [4.69, 9.17) is 5.73 Å². The van der Waals surface area contributed by atoms with Crippen LogP contribution in [0.1, 0.15) is 24.5 Å². The van der Waals surface area contributed by atoms with E-state index in [0.717, 1.165) is 5.56 Å². The fourth-order valence-electron chi connectivity index (χ4n) is 1.49. The topological polar surface area (TPSA) is 55.1 Å². The summed E-state index contributed by atoms with van der Waals surface area (Å²) in [5.74, 6) is 0.317. The highest BCUT2D eigenvalue weighted by Crippen LogP contribution is 2.04. The molecular weight excluding hydrogens is 200 g/mol. The first-order chi connectivity index (χ1) is 7.61. The van der Waals surface area contributed by atoms with E-state index in [9.17, 15) is 4.79 Å². The van der Waals surface area contributed by atoms with Gasteiger partial charge in [-0.3, -0.25) is 4.79 Å². The van der Waals surface area contributed by atoms with Crippen LogP contribution >= 0.6 is 0 Å². The Morgan fingerprint density at radius 1 is 1.50 bits per heavy atom. The van der Waals surface area contributed by atoms with Crippen LogP contribution in [0.4, 0.5) is 0 Å². The SMILES string of the molecule is Cc1cccc(CNC(=O)CC(C)CN)c1. The molecule has 1 aromatic carbocycles. The number of aryl methyl sites for hydroxylation is 1. The number of nitrogens with two attached hydrogens (primary N) is 1. The van der Waals surface area contributed by atoms with E-state index in [1.54, 1.807) is 0 Å². The highest BCUT2D eigenvalue weighted by Gasteiger charge is 2.06. The third-order valence-electron chi connectivity index (χ3n) is 2.51. The van der Waals surface area contributed by atoms with Gasteiger partial charge in [-0.05, 0) is 24.9 Å². The van der Waals surface area contributed by atoms with Gasteiger partial charge >= 0.3 is 0 Å². The van der Waals surface area contributed by atoms with Gasteiger partial charge in [0.1, 0.15) is 0 Å². The van der Waals surface area contributed by atoms with Crippen LogP contribution in [0.2, 0.25) is 0 Å². The molecule has 0 aliphatic carbocycles. The molecule has 1 rings (SSSR count).